The molecule has 0 radical (unpaired) electrons. The van der Waals surface area contributed by atoms with E-state index in [0.717, 1.165) is 0 Å². The molecule has 1 rings (SSSR count). The molecule has 1 aromatic rings. The lowest BCUT2D eigenvalue weighted by atomic mass is 10.2. The van der Waals surface area contributed by atoms with Crippen molar-refractivity contribution in [3.05, 3.63) is 23.2 Å². The fourth-order valence-corrected chi connectivity index (χ4v) is 3.09. The molecule has 0 aliphatic carbocycles. The Morgan fingerprint density at radius 1 is 1.44 bits per heavy atom. The predicted molar refractivity (Wildman–Crippen MR) is 67.4 cm³/mol. The smallest absolute Gasteiger partial charge is 0.372 e. The third-order valence-electron chi connectivity index (χ3n) is 2.53. The molecule has 0 fully saturated rings. The summed E-state index contributed by atoms with van der Waals surface area (Å²) in [7, 11) is -3.25. The number of carboxylic acids is 1. The lowest BCUT2D eigenvalue weighted by molar-refractivity contribution is 0.0659. The second kappa shape index (κ2) is 5.56. The summed E-state index contributed by atoms with van der Waals surface area (Å²) < 4.78 is 28.6. The van der Waals surface area contributed by atoms with Crippen LogP contribution < -0.4 is 0 Å². The molecular weight excluding hydrogens is 256 g/mol. The zero-order valence-electron chi connectivity index (χ0n) is 10.8. The number of sulfone groups is 1. The van der Waals surface area contributed by atoms with Crippen LogP contribution in [0, 0.1) is 12.8 Å². The number of rotatable bonds is 6. The van der Waals surface area contributed by atoms with E-state index in [4.69, 9.17) is 9.52 Å². The van der Waals surface area contributed by atoms with E-state index in [1.165, 1.54) is 6.07 Å². The van der Waals surface area contributed by atoms with Gasteiger partial charge < -0.3 is 9.52 Å². The summed E-state index contributed by atoms with van der Waals surface area (Å²) in [4.78, 5) is 10.8. The highest BCUT2D eigenvalue weighted by Gasteiger charge is 2.19. The summed E-state index contributed by atoms with van der Waals surface area (Å²) >= 11 is 0. The molecule has 102 valence electrons. The van der Waals surface area contributed by atoms with Gasteiger partial charge in [-0.2, -0.15) is 0 Å². The zero-order chi connectivity index (χ0) is 13.9. The Kier molecular flexibility index (Phi) is 4.56. The molecule has 0 spiro atoms. The van der Waals surface area contributed by atoms with E-state index in [1.807, 2.05) is 13.8 Å². The van der Waals surface area contributed by atoms with E-state index in [9.17, 15) is 13.2 Å². The molecule has 1 heterocycles. The Hall–Kier alpha value is -1.30. The average molecular weight is 274 g/mol. The molecule has 0 amide bonds. The molecule has 0 aromatic carbocycles. The van der Waals surface area contributed by atoms with Crippen LogP contribution in [0.1, 0.15) is 42.1 Å². The fourth-order valence-electron chi connectivity index (χ4n) is 1.54. The lowest BCUT2D eigenvalue weighted by Gasteiger charge is -2.04. The molecule has 0 unspecified atom stereocenters. The highest BCUT2D eigenvalue weighted by Crippen LogP contribution is 2.18. The molecule has 5 nitrogen and oxygen atoms in total. The van der Waals surface area contributed by atoms with Gasteiger partial charge in [-0.25, -0.2) is 13.2 Å². The van der Waals surface area contributed by atoms with Gasteiger partial charge in [0.25, 0.3) is 0 Å². The summed E-state index contributed by atoms with van der Waals surface area (Å²) in [6, 6.07) is 1.47. The van der Waals surface area contributed by atoms with Crippen LogP contribution in [0.15, 0.2) is 10.5 Å². The normalized spacial score (nSPS) is 12.0. The summed E-state index contributed by atoms with van der Waals surface area (Å²) in [5.41, 5.74) is 0.441. The third kappa shape index (κ3) is 4.18. The molecule has 6 heteroatoms. The van der Waals surface area contributed by atoms with Gasteiger partial charge in [0, 0.05) is 5.56 Å². The first-order valence-corrected chi connectivity index (χ1v) is 7.56. The number of furan rings is 1. The number of hydrogen-bond donors (Lipinski definition) is 1. The van der Waals surface area contributed by atoms with Gasteiger partial charge in [-0.1, -0.05) is 13.8 Å². The van der Waals surface area contributed by atoms with Gasteiger partial charge in [0.1, 0.15) is 11.5 Å². The van der Waals surface area contributed by atoms with Crippen molar-refractivity contribution in [1.29, 1.82) is 0 Å². The van der Waals surface area contributed by atoms with Crippen molar-refractivity contribution in [3.63, 3.8) is 0 Å². The molecular formula is C12H18O5S. The molecule has 0 saturated heterocycles. The van der Waals surface area contributed by atoms with Crippen molar-refractivity contribution in [2.75, 3.05) is 5.75 Å². The standard InChI is InChI=1S/C12H18O5S/c1-8(2)4-5-18(15,16)7-10-6-9(3)11(17-10)12(13)14/h6,8H,4-5,7H2,1-3H3,(H,13,14). The maximum absolute atomic E-state index is 11.8. The molecule has 0 aliphatic heterocycles. The van der Waals surface area contributed by atoms with Crippen LogP contribution in [-0.4, -0.2) is 25.2 Å². The first kappa shape index (κ1) is 14.8. The number of aryl methyl sites for hydroxylation is 1. The van der Waals surface area contributed by atoms with E-state index < -0.39 is 15.8 Å². The molecule has 0 atom stereocenters. The van der Waals surface area contributed by atoms with E-state index in [0.29, 0.717) is 17.9 Å². The summed E-state index contributed by atoms with van der Waals surface area (Å²) in [6.07, 6.45) is 0.591. The van der Waals surface area contributed by atoms with Crippen LogP contribution in [-0.2, 0) is 15.6 Å². The summed E-state index contributed by atoms with van der Waals surface area (Å²) in [5.74, 6) is -1.02. The van der Waals surface area contributed by atoms with Crippen molar-refractivity contribution in [2.45, 2.75) is 32.9 Å². The van der Waals surface area contributed by atoms with Crippen LogP contribution in [0.25, 0.3) is 0 Å². The van der Waals surface area contributed by atoms with Gasteiger partial charge in [0.15, 0.2) is 9.84 Å². The van der Waals surface area contributed by atoms with Crippen molar-refractivity contribution < 1.29 is 22.7 Å². The Balaban J connectivity index is 2.78. The Morgan fingerprint density at radius 3 is 2.50 bits per heavy atom. The van der Waals surface area contributed by atoms with Crippen molar-refractivity contribution >= 4 is 15.8 Å². The highest BCUT2D eigenvalue weighted by atomic mass is 32.2. The Labute approximate surface area is 107 Å². The van der Waals surface area contributed by atoms with Gasteiger partial charge in [0.2, 0.25) is 5.76 Å². The second-order valence-electron chi connectivity index (χ2n) is 4.80. The topological polar surface area (TPSA) is 84.6 Å². The van der Waals surface area contributed by atoms with Gasteiger partial charge in [-0.15, -0.1) is 0 Å². The lowest BCUT2D eigenvalue weighted by Crippen LogP contribution is -2.10. The first-order valence-electron chi connectivity index (χ1n) is 5.74. The first-order chi connectivity index (χ1) is 8.21. The molecule has 0 saturated carbocycles. The average Bonchev–Trinajstić information content (AvgIpc) is 2.56. The quantitative estimate of drug-likeness (QED) is 0.860. The van der Waals surface area contributed by atoms with Crippen LogP contribution in [0.4, 0.5) is 0 Å². The summed E-state index contributed by atoms with van der Waals surface area (Å²) in [5, 5.41) is 8.81. The summed E-state index contributed by atoms with van der Waals surface area (Å²) in [6.45, 7) is 5.49. The SMILES string of the molecule is Cc1cc(CS(=O)(=O)CCC(C)C)oc1C(=O)O. The van der Waals surface area contributed by atoms with Crippen molar-refractivity contribution in [1.82, 2.24) is 0 Å². The van der Waals surface area contributed by atoms with E-state index in [1.54, 1.807) is 6.92 Å². The maximum atomic E-state index is 11.8. The largest absolute Gasteiger partial charge is 0.475 e. The zero-order valence-corrected chi connectivity index (χ0v) is 11.6. The molecule has 1 aromatic heterocycles. The van der Waals surface area contributed by atoms with Gasteiger partial charge in [-0.3, -0.25) is 0 Å². The van der Waals surface area contributed by atoms with Gasteiger partial charge in [0.05, 0.1) is 5.75 Å². The number of hydrogen-bond acceptors (Lipinski definition) is 4. The van der Waals surface area contributed by atoms with Gasteiger partial charge in [-0.05, 0) is 25.3 Å². The maximum Gasteiger partial charge on any atom is 0.372 e. The van der Waals surface area contributed by atoms with Crippen LogP contribution in [0.3, 0.4) is 0 Å². The minimum Gasteiger partial charge on any atom is -0.475 e. The third-order valence-corrected chi connectivity index (χ3v) is 4.11. The second-order valence-corrected chi connectivity index (χ2v) is 6.99. The van der Waals surface area contributed by atoms with Crippen LogP contribution >= 0.6 is 0 Å². The molecule has 1 N–H and O–H groups in total. The number of carbonyl (C=O) groups is 1. The predicted octanol–water partition coefficient (Wildman–Crippen LogP) is 2.25. The number of carboxylic acid groups (broad SMARTS) is 1. The van der Waals surface area contributed by atoms with Gasteiger partial charge >= 0.3 is 5.97 Å². The molecule has 0 bridgehead atoms. The van der Waals surface area contributed by atoms with E-state index in [-0.39, 0.29) is 23.0 Å². The van der Waals surface area contributed by atoms with E-state index >= 15 is 0 Å². The van der Waals surface area contributed by atoms with Crippen LogP contribution in [0.5, 0.6) is 0 Å². The fraction of sp³-hybridized carbons (Fsp3) is 0.583. The minimum atomic E-state index is -3.25. The number of aromatic carboxylic acids is 1. The minimum absolute atomic E-state index is 0.0901. The Morgan fingerprint density at radius 2 is 2.06 bits per heavy atom. The monoisotopic (exact) mass is 274 g/mol. The van der Waals surface area contributed by atoms with E-state index in [2.05, 4.69) is 0 Å². The highest BCUT2D eigenvalue weighted by molar-refractivity contribution is 7.90. The molecule has 0 aliphatic rings. The van der Waals surface area contributed by atoms with Crippen LogP contribution in [0.2, 0.25) is 0 Å². The Bertz CT molecular complexity index is 525. The molecule has 18 heavy (non-hydrogen) atoms. The van der Waals surface area contributed by atoms with Crippen molar-refractivity contribution in [2.24, 2.45) is 5.92 Å². The van der Waals surface area contributed by atoms with Crippen molar-refractivity contribution in [3.8, 4) is 0 Å².